The number of nitrogens with zero attached hydrogens (tertiary/aromatic N) is 1. The SMILES string of the molecule is COc1ccc(C=NO)cc1C(F)(F)F. The molecule has 0 aliphatic rings. The Hall–Kier alpha value is -1.72. The molecule has 0 radical (unpaired) electrons. The number of oxime groups is 1. The number of methoxy groups -OCH3 is 1. The van der Waals surface area contributed by atoms with Crippen molar-refractivity contribution >= 4 is 6.21 Å². The second-order valence-corrected chi connectivity index (χ2v) is 2.70. The lowest BCUT2D eigenvalue weighted by atomic mass is 10.1. The van der Waals surface area contributed by atoms with Crippen molar-refractivity contribution in [3.8, 4) is 5.75 Å². The van der Waals surface area contributed by atoms with Crippen molar-refractivity contribution in [2.45, 2.75) is 6.18 Å². The van der Waals surface area contributed by atoms with Crippen molar-refractivity contribution < 1.29 is 23.1 Å². The van der Waals surface area contributed by atoms with Crippen molar-refractivity contribution in [3.05, 3.63) is 29.3 Å². The summed E-state index contributed by atoms with van der Waals surface area (Å²) in [6.45, 7) is 0. The second-order valence-electron chi connectivity index (χ2n) is 2.70. The van der Waals surface area contributed by atoms with Crippen molar-refractivity contribution in [2.24, 2.45) is 5.16 Å². The Labute approximate surface area is 83.8 Å². The Morgan fingerprint density at radius 2 is 2.07 bits per heavy atom. The van der Waals surface area contributed by atoms with Gasteiger partial charge in [-0.1, -0.05) is 5.16 Å². The lowest BCUT2D eigenvalue weighted by Crippen LogP contribution is -2.08. The number of hydrogen-bond acceptors (Lipinski definition) is 3. The molecule has 82 valence electrons. The zero-order chi connectivity index (χ0) is 11.5. The van der Waals surface area contributed by atoms with E-state index in [-0.39, 0.29) is 11.3 Å². The molecule has 3 nitrogen and oxygen atoms in total. The minimum Gasteiger partial charge on any atom is -0.496 e. The Kier molecular flexibility index (Phi) is 3.18. The van der Waals surface area contributed by atoms with Crippen LogP contribution in [0.4, 0.5) is 13.2 Å². The van der Waals surface area contributed by atoms with E-state index in [1.807, 2.05) is 0 Å². The molecular formula is C9H8F3NO2. The number of rotatable bonds is 2. The van der Waals surface area contributed by atoms with Gasteiger partial charge in [-0.15, -0.1) is 0 Å². The summed E-state index contributed by atoms with van der Waals surface area (Å²) in [4.78, 5) is 0. The normalized spacial score (nSPS) is 12.0. The van der Waals surface area contributed by atoms with Crippen LogP contribution in [0.5, 0.6) is 5.75 Å². The summed E-state index contributed by atoms with van der Waals surface area (Å²) in [6.07, 6.45) is -3.58. The quantitative estimate of drug-likeness (QED) is 0.471. The van der Waals surface area contributed by atoms with Gasteiger partial charge in [0.25, 0.3) is 0 Å². The van der Waals surface area contributed by atoms with Crippen molar-refractivity contribution in [3.63, 3.8) is 0 Å². The van der Waals surface area contributed by atoms with E-state index < -0.39 is 11.7 Å². The number of alkyl halides is 3. The molecule has 0 atom stereocenters. The fourth-order valence-electron chi connectivity index (χ4n) is 1.09. The third kappa shape index (κ3) is 2.61. The maximum absolute atomic E-state index is 12.5. The first kappa shape index (κ1) is 11.4. The maximum atomic E-state index is 12.5. The Morgan fingerprint density at radius 3 is 2.53 bits per heavy atom. The summed E-state index contributed by atoms with van der Waals surface area (Å²) in [5, 5.41) is 10.8. The second kappa shape index (κ2) is 4.20. The van der Waals surface area contributed by atoms with Gasteiger partial charge in [0.15, 0.2) is 0 Å². The first-order valence-corrected chi connectivity index (χ1v) is 3.91. The molecule has 0 heterocycles. The first-order chi connectivity index (χ1) is 6.99. The number of halogens is 3. The van der Waals surface area contributed by atoms with Crippen LogP contribution in [0.2, 0.25) is 0 Å². The van der Waals surface area contributed by atoms with Gasteiger partial charge in [-0.05, 0) is 23.8 Å². The van der Waals surface area contributed by atoms with Gasteiger partial charge in [0.2, 0.25) is 0 Å². The summed E-state index contributed by atoms with van der Waals surface area (Å²) < 4.78 is 42.0. The Bertz CT molecular complexity index is 374. The van der Waals surface area contributed by atoms with E-state index >= 15 is 0 Å². The van der Waals surface area contributed by atoms with Gasteiger partial charge in [0, 0.05) is 0 Å². The highest BCUT2D eigenvalue weighted by Crippen LogP contribution is 2.36. The lowest BCUT2D eigenvalue weighted by Gasteiger charge is -2.11. The molecule has 1 aromatic carbocycles. The van der Waals surface area contributed by atoms with E-state index in [4.69, 9.17) is 5.21 Å². The highest BCUT2D eigenvalue weighted by molar-refractivity contribution is 5.79. The number of ether oxygens (including phenoxy) is 1. The van der Waals surface area contributed by atoms with E-state index in [0.29, 0.717) is 0 Å². The molecule has 15 heavy (non-hydrogen) atoms. The van der Waals surface area contributed by atoms with Crippen LogP contribution in [0.15, 0.2) is 23.4 Å². The van der Waals surface area contributed by atoms with E-state index in [1.165, 1.54) is 12.1 Å². The lowest BCUT2D eigenvalue weighted by molar-refractivity contribution is -0.138. The van der Waals surface area contributed by atoms with Crippen LogP contribution in [-0.4, -0.2) is 18.5 Å². The summed E-state index contributed by atoms with van der Waals surface area (Å²) in [6, 6.07) is 3.37. The molecule has 1 rings (SSSR count). The van der Waals surface area contributed by atoms with Gasteiger partial charge in [0.05, 0.1) is 18.9 Å². The van der Waals surface area contributed by atoms with Crippen LogP contribution < -0.4 is 4.74 Å². The third-order valence-corrected chi connectivity index (χ3v) is 1.74. The smallest absolute Gasteiger partial charge is 0.419 e. The van der Waals surface area contributed by atoms with E-state index in [2.05, 4.69) is 9.89 Å². The summed E-state index contributed by atoms with van der Waals surface area (Å²) >= 11 is 0. The monoisotopic (exact) mass is 219 g/mol. The Morgan fingerprint density at radius 1 is 1.40 bits per heavy atom. The molecule has 0 saturated carbocycles. The molecule has 0 aromatic heterocycles. The van der Waals surface area contributed by atoms with E-state index in [1.54, 1.807) is 0 Å². The van der Waals surface area contributed by atoms with Gasteiger partial charge in [-0.25, -0.2) is 0 Å². The van der Waals surface area contributed by atoms with Crippen molar-refractivity contribution in [1.82, 2.24) is 0 Å². The predicted molar refractivity (Wildman–Crippen MR) is 47.4 cm³/mol. The molecule has 0 aliphatic carbocycles. The minimum absolute atomic E-state index is 0.144. The topological polar surface area (TPSA) is 41.8 Å². The first-order valence-electron chi connectivity index (χ1n) is 3.91. The van der Waals surface area contributed by atoms with Gasteiger partial charge >= 0.3 is 6.18 Å². The van der Waals surface area contributed by atoms with E-state index in [0.717, 1.165) is 19.4 Å². The number of hydrogen-bond donors (Lipinski definition) is 1. The van der Waals surface area contributed by atoms with Gasteiger partial charge < -0.3 is 9.94 Å². The fourth-order valence-corrected chi connectivity index (χ4v) is 1.09. The molecule has 0 aliphatic heterocycles. The zero-order valence-corrected chi connectivity index (χ0v) is 7.75. The summed E-state index contributed by atoms with van der Waals surface area (Å²) in [7, 11) is 1.16. The van der Waals surface area contributed by atoms with Crippen LogP contribution in [0.25, 0.3) is 0 Å². The largest absolute Gasteiger partial charge is 0.496 e. The highest BCUT2D eigenvalue weighted by atomic mass is 19.4. The molecule has 0 bridgehead atoms. The molecule has 6 heteroatoms. The highest BCUT2D eigenvalue weighted by Gasteiger charge is 2.34. The number of benzene rings is 1. The van der Waals surface area contributed by atoms with Crippen molar-refractivity contribution in [1.29, 1.82) is 0 Å². The molecule has 1 N–H and O–H groups in total. The predicted octanol–water partition coefficient (Wildman–Crippen LogP) is 2.52. The Balaban J connectivity index is 3.25. The molecule has 0 unspecified atom stereocenters. The molecule has 0 saturated heterocycles. The zero-order valence-electron chi connectivity index (χ0n) is 7.75. The van der Waals surface area contributed by atoms with Crippen molar-refractivity contribution in [2.75, 3.05) is 7.11 Å². The van der Waals surface area contributed by atoms with Crippen LogP contribution in [-0.2, 0) is 6.18 Å². The third-order valence-electron chi connectivity index (χ3n) is 1.74. The maximum Gasteiger partial charge on any atom is 0.419 e. The minimum atomic E-state index is -4.50. The molecular weight excluding hydrogens is 211 g/mol. The average Bonchev–Trinajstić information content (AvgIpc) is 2.17. The molecule has 0 fully saturated rings. The van der Waals surface area contributed by atoms with Crippen LogP contribution >= 0.6 is 0 Å². The van der Waals surface area contributed by atoms with E-state index in [9.17, 15) is 13.2 Å². The summed E-state index contributed by atoms with van der Waals surface area (Å²) in [5.41, 5.74) is -0.756. The van der Waals surface area contributed by atoms with Gasteiger partial charge in [0.1, 0.15) is 5.75 Å². The average molecular weight is 219 g/mol. The molecule has 0 spiro atoms. The van der Waals surface area contributed by atoms with Crippen LogP contribution in [0, 0.1) is 0 Å². The molecule has 0 amide bonds. The fraction of sp³-hybridized carbons (Fsp3) is 0.222. The van der Waals surface area contributed by atoms with Gasteiger partial charge in [-0.3, -0.25) is 0 Å². The van der Waals surface area contributed by atoms with Crippen LogP contribution in [0.1, 0.15) is 11.1 Å². The van der Waals surface area contributed by atoms with Gasteiger partial charge in [-0.2, -0.15) is 13.2 Å². The molecule has 1 aromatic rings. The summed E-state index contributed by atoms with van der Waals surface area (Å²) in [5.74, 6) is -0.266. The van der Waals surface area contributed by atoms with Crippen LogP contribution in [0.3, 0.4) is 0 Å². The standard InChI is InChI=1S/C9H8F3NO2/c1-15-8-3-2-6(5-13-14)4-7(8)9(10,11)12/h2-5,14H,1H3.